The molecule has 0 saturated carbocycles. The Labute approximate surface area is 229 Å². The van der Waals surface area contributed by atoms with Crippen LogP contribution in [0.2, 0.25) is 0 Å². The van der Waals surface area contributed by atoms with Gasteiger partial charge in [-0.25, -0.2) is 4.79 Å². The number of ether oxygens (including phenoxy) is 2. The molecule has 4 aromatic carbocycles. The largest absolute Gasteiger partial charge is 0.573 e. The number of carbonyl (C=O) groups is 2. The zero-order valence-corrected chi connectivity index (χ0v) is 20.9. The number of halogens is 6. The van der Waals surface area contributed by atoms with E-state index in [1.807, 2.05) is 0 Å². The molecule has 4 aromatic rings. The fraction of sp³-hybridized carbons (Fsp3) is 0.172. The summed E-state index contributed by atoms with van der Waals surface area (Å²) >= 11 is 0. The molecule has 1 unspecified atom stereocenters. The van der Waals surface area contributed by atoms with E-state index in [0.717, 1.165) is 36.4 Å². The van der Waals surface area contributed by atoms with Crippen molar-refractivity contribution in [3.05, 3.63) is 107 Å². The molecule has 0 aliphatic carbocycles. The number of benzene rings is 4. The summed E-state index contributed by atoms with van der Waals surface area (Å²) in [7, 11) is 0. The van der Waals surface area contributed by atoms with Gasteiger partial charge in [0.1, 0.15) is 24.1 Å². The first-order valence-electron chi connectivity index (χ1n) is 12.0. The zero-order chi connectivity index (χ0) is 29.8. The topological polar surface area (TPSA) is 84.9 Å². The summed E-state index contributed by atoms with van der Waals surface area (Å²) in [5.41, 5.74) is -0.180. The Hall–Kier alpha value is -4.74. The standard InChI is InChI=1S/C29H21F6NO5/c30-28(31,32)20-10-5-17(6-11-20)15-24(27(38)39)36-26(37)23-14-9-19-3-1-2-4-22(19)25(23)40-16-18-7-12-21(13-8-18)41-29(33,34)35/h1-14,24H,15-16H2,(H,36,37)(H,38,39). The van der Waals surface area contributed by atoms with E-state index in [1.165, 1.54) is 18.2 Å². The van der Waals surface area contributed by atoms with Gasteiger partial charge in [0.2, 0.25) is 0 Å². The fourth-order valence-corrected chi connectivity index (χ4v) is 4.02. The van der Waals surface area contributed by atoms with E-state index in [0.29, 0.717) is 16.3 Å². The smallest absolute Gasteiger partial charge is 0.487 e. The Balaban J connectivity index is 1.55. The van der Waals surface area contributed by atoms with Crippen molar-refractivity contribution in [3.8, 4) is 11.5 Å². The minimum atomic E-state index is -4.84. The number of nitrogens with one attached hydrogen (secondary N) is 1. The van der Waals surface area contributed by atoms with E-state index in [9.17, 15) is 41.0 Å². The van der Waals surface area contributed by atoms with Gasteiger partial charge in [-0.1, -0.05) is 54.6 Å². The summed E-state index contributed by atoms with van der Waals surface area (Å²) in [6.45, 7) is -0.144. The molecular formula is C29H21F6NO5. The van der Waals surface area contributed by atoms with Crippen molar-refractivity contribution in [2.24, 2.45) is 0 Å². The highest BCUT2D eigenvalue weighted by Gasteiger charge is 2.31. The molecule has 0 spiro atoms. The fourth-order valence-electron chi connectivity index (χ4n) is 4.02. The molecule has 0 heterocycles. The summed E-state index contributed by atoms with van der Waals surface area (Å²) in [6.07, 6.45) is -9.68. The van der Waals surface area contributed by atoms with E-state index in [4.69, 9.17) is 4.74 Å². The van der Waals surface area contributed by atoms with E-state index >= 15 is 0 Å². The number of hydrogen-bond donors (Lipinski definition) is 2. The molecule has 41 heavy (non-hydrogen) atoms. The Morgan fingerprint density at radius 1 is 0.805 bits per heavy atom. The quantitative estimate of drug-likeness (QED) is 0.215. The Kier molecular flexibility index (Phi) is 8.41. The molecule has 2 N–H and O–H groups in total. The van der Waals surface area contributed by atoms with E-state index in [-0.39, 0.29) is 29.9 Å². The molecular weight excluding hydrogens is 556 g/mol. The third-order valence-electron chi connectivity index (χ3n) is 5.99. The van der Waals surface area contributed by atoms with Gasteiger partial charge in [0.15, 0.2) is 0 Å². The van der Waals surface area contributed by atoms with Crippen LogP contribution in [0.1, 0.15) is 27.0 Å². The van der Waals surface area contributed by atoms with Crippen LogP contribution in [0.15, 0.2) is 84.9 Å². The number of amides is 1. The first kappa shape index (κ1) is 29.2. The van der Waals surface area contributed by atoms with Gasteiger partial charge in [0, 0.05) is 11.8 Å². The number of hydrogen-bond acceptors (Lipinski definition) is 4. The highest BCUT2D eigenvalue weighted by molar-refractivity contribution is 6.04. The van der Waals surface area contributed by atoms with Gasteiger partial charge in [0.25, 0.3) is 5.91 Å². The average Bonchev–Trinajstić information content (AvgIpc) is 2.91. The summed E-state index contributed by atoms with van der Waals surface area (Å²) < 4.78 is 85.7. The number of alkyl halides is 6. The maximum atomic E-state index is 13.3. The predicted molar refractivity (Wildman–Crippen MR) is 135 cm³/mol. The lowest BCUT2D eigenvalue weighted by atomic mass is 10.0. The second-order valence-electron chi connectivity index (χ2n) is 8.91. The van der Waals surface area contributed by atoms with Gasteiger partial charge in [0.05, 0.1) is 11.1 Å². The van der Waals surface area contributed by atoms with Crippen LogP contribution in [-0.2, 0) is 24.0 Å². The lowest BCUT2D eigenvalue weighted by Crippen LogP contribution is -2.42. The van der Waals surface area contributed by atoms with E-state index < -0.39 is 41.8 Å². The van der Waals surface area contributed by atoms with E-state index in [2.05, 4.69) is 10.1 Å². The lowest BCUT2D eigenvalue weighted by molar-refractivity contribution is -0.274. The highest BCUT2D eigenvalue weighted by atomic mass is 19.4. The summed E-state index contributed by atoms with van der Waals surface area (Å²) in [5.74, 6) is -2.52. The number of fused-ring (bicyclic) bond motifs is 1. The second kappa shape index (κ2) is 11.8. The molecule has 6 nitrogen and oxygen atoms in total. The molecule has 0 aromatic heterocycles. The monoisotopic (exact) mass is 577 g/mol. The first-order valence-corrected chi connectivity index (χ1v) is 12.0. The summed E-state index contributed by atoms with van der Waals surface area (Å²) in [5, 5.41) is 13.3. The maximum Gasteiger partial charge on any atom is 0.573 e. The molecule has 0 fully saturated rings. The number of rotatable bonds is 9. The Morgan fingerprint density at radius 3 is 2.05 bits per heavy atom. The third-order valence-corrected chi connectivity index (χ3v) is 5.99. The minimum absolute atomic E-state index is 0.0144. The minimum Gasteiger partial charge on any atom is -0.487 e. The van der Waals surface area contributed by atoms with Crippen LogP contribution in [0.3, 0.4) is 0 Å². The lowest BCUT2D eigenvalue weighted by Gasteiger charge is -2.18. The SMILES string of the molecule is O=C(NC(Cc1ccc(C(F)(F)F)cc1)C(=O)O)c1ccc2ccccc2c1OCc1ccc(OC(F)(F)F)cc1. The van der Waals surface area contributed by atoms with Crippen molar-refractivity contribution in [1.29, 1.82) is 0 Å². The molecule has 0 aliphatic rings. The second-order valence-corrected chi connectivity index (χ2v) is 8.91. The van der Waals surface area contributed by atoms with Crippen molar-refractivity contribution < 1.29 is 50.5 Å². The number of carbonyl (C=O) groups excluding carboxylic acids is 1. The van der Waals surface area contributed by atoms with Gasteiger partial charge in [-0.3, -0.25) is 4.79 Å². The predicted octanol–water partition coefficient (Wildman–Crippen LogP) is 6.76. The summed E-state index contributed by atoms with van der Waals surface area (Å²) in [6, 6.07) is 17.4. The van der Waals surface area contributed by atoms with Crippen LogP contribution in [0.4, 0.5) is 26.3 Å². The van der Waals surface area contributed by atoms with E-state index in [1.54, 1.807) is 30.3 Å². The molecule has 0 radical (unpaired) electrons. The summed E-state index contributed by atoms with van der Waals surface area (Å²) in [4.78, 5) is 25.2. The Morgan fingerprint density at radius 2 is 1.44 bits per heavy atom. The molecule has 1 atom stereocenters. The molecule has 0 saturated heterocycles. The first-order chi connectivity index (χ1) is 19.3. The van der Waals surface area contributed by atoms with Crippen LogP contribution in [0.5, 0.6) is 11.5 Å². The number of carboxylic acids is 1. The molecule has 4 rings (SSSR count). The highest BCUT2D eigenvalue weighted by Crippen LogP contribution is 2.32. The van der Waals surface area contributed by atoms with Crippen LogP contribution in [0, 0.1) is 0 Å². The maximum absolute atomic E-state index is 13.3. The number of carboxylic acid groups (broad SMARTS) is 1. The molecule has 0 aliphatic heterocycles. The average molecular weight is 577 g/mol. The van der Waals surface area contributed by atoms with Crippen molar-refractivity contribution in [3.63, 3.8) is 0 Å². The molecule has 1 amide bonds. The van der Waals surface area contributed by atoms with Gasteiger partial charge >= 0.3 is 18.5 Å². The molecule has 12 heteroatoms. The normalized spacial score (nSPS) is 12.5. The van der Waals surface area contributed by atoms with Gasteiger partial charge in [-0.2, -0.15) is 13.2 Å². The van der Waals surface area contributed by atoms with Gasteiger partial charge < -0.3 is 19.9 Å². The third kappa shape index (κ3) is 7.68. The van der Waals surface area contributed by atoms with Crippen LogP contribution >= 0.6 is 0 Å². The van der Waals surface area contributed by atoms with Crippen molar-refractivity contribution in [2.75, 3.05) is 0 Å². The van der Waals surface area contributed by atoms with Gasteiger partial charge in [-0.15, -0.1) is 13.2 Å². The van der Waals surface area contributed by atoms with Gasteiger partial charge in [-0.05, 0) is 46.8 Å². The zero-order valence-electron chi connectivity index (χ0n) is 20.9. The van der Waals surface area contributed by atoms with Crippen molar-refractivity contribution >= 4 is 22.6 Å². The van der Waals surface area contributed by atoms with Crippen molar-refractivity contribution in [1.82, 2.24) is 5.32 Å². The number of aliphatic carboxylic acids is 1. The molecule has 0 bridgehead atoms. The van der Waals surface area contributed by atoms with Crippen LogP contribution < -0.4 is 14.8 Å². The van der Waals surface area contributed by atoms with Crippen LogP contribution in [-0.4, -0.2) is 29.4 Å². The van der Waals surface area contributed by atoms with Crippen molar-refractivity contribution in [2.45, 2.75) is 31.6 Å². The van der Waals surface area contributed by atoms with Crippen LogP contribution in [0.25, 0.3) is 10.8 Å². The molecule has 214 valence electrons. The Bertz CT molecular complexity index is 1530.